The third kappa shape index (κ3) is 4.42. The van der Waals surface area contributed by atoms with Crippen LogP contribution in [0.4, 0.5) is 22.0 Å². The first-order chi connectivity index (χ1) is 20.0. The summed E-state index contributed by atoms with van der Waals surface area (Å²) in [4.78, 5) is 30.4. The van der Waals surface area contributed by atoms with Gasteiger partial charge in [0, 0.05) is 60.8 Å². The number of likely N-dealkylation sites (N-methyl/N-ethyl adjacent to an activating group) is 1. The zero-order valence-electron chi connectivity index (χ0n) is 24.4. The van der Waals surface area contributed by atoms with Gasteiger partial charge in [-0.1, -0.05) is 29.4 Å². The standard InChI is InChI=1S/C30H34ClFN8O2/c1-7-22(41)39-11-17(4)40(12-16(39)3)29-19-10-20(31)24(23-15(2)8-9-21-25(23)28(33)36-42-21)26(32)27(19)34-30(35-29)38-13-18(14-38)37(5)6/h7-10,16-18H,1,11-14H2,2-6H3,(H2,33,36)/t16-,17+/m1/s1. The van der Waals surface area contributed by atoms with E-state index < -0.39 is 5.82 Å². The molecule has 0 unspecified atom stereocenters. The molecule has 0 saturated carbocycles. The molecule has 2 atom stereocenters. The molecule has 10 nitrogen and oxygen atoms in total. The van der Waals surface area contributed by atoms with Gasteiger partial charge in [0.05, 0.1) is 10.4 Å². The third-order valence-corrected chi connectivity index (χ3v) is 8.86. The Morgan fingerprint density at radius 1 is 1.17 bits per heavy atom. The van der Waals surface area contributed by atoms with Gasteiger partial charge in [-0.3, -0.25) is 4.79 Å². The Kier molecular flexibility index (Phi) is 6.97. The molecule has 0 spiro atoms. The second kappa shape index (κ2) is 10.4. The summed E-state index contributed by atoms with van der Waals surface area (Å²) >= 11 is 6.90. The van der Waals surface area contributed by atoms with Crippen LogP contribution in [0, 0.1) is 12.7 Å². The van der Waals surface area contributed by atoms with Gasteiger partial charge in [0.1, 0.15) is 11.3 Å². The molecule has 12 heteroatoms. The molecule has 0 aliphatic carbocycles. The first kappa shape index (κ1) is 28.2. The first-order valence-corrected chi connectivity index (χ1v) is 14.3. The summed E-state index contributed by atoms with van der Waals surface area (Å²) < 4.78 is 22.3. The predicted octanol–water partition coefficient (Wildman–Crippen LogP) is 4.48. The van der Waals surface area contributed by atoms with E-state index in [1.807, 2.05) is 40.9 Å². The Bertz CT molecular complexity index is 1730. The molecular formula is C30H34ClFN8O2. The minimum Gasteiger partial charge on any atom is -0.380 e. The molecule has 2 N–H and O–H groups in total. The third-order valence-electron chi connectivity index (χ3n) is 8.57. The lowest BCUT2D eigenvalue weighted by Gasteiger charge is -2.45. The monoisotopic (exact) mass is 592 g/mol. The summed E-state index contributed by atoms with van der Waals surface area (Å²) in [6, 6.07) is 5.45. The number of aryl methyl sites for hydroxylation is 1. The number of nitrogens with zero attached hydrogens (tertiary/aromatic N) is 7. The van der Waals surface area contributed by atoms with Crippen molar-refractivity contribution in [2.24, 2.45) is 0 Å². The van der Waals surface area contributed by atoms with Crippen LogP contribution in [0.1, 0.15) is 19.4 Å². The highest BCUT2D eigenvalue weighted by molar-refractivity contribution is 6.35. The van der Waals surface area contributed by atoms with Crippen molar-refractivity contribution in [2.45, 2.75) is 38.9 Å². The number of piperazine rings is 1. The first-order valence-electron chi connectivity index (χ1n) is 14.0. The van der Waals surface area contributed by atoms with Gasteiger partial charge in [0.25, 0.3) is 0 Å². The van der Waals surface area contributed by atoms with E-state index in [4.69, 9.17) is 31.8 Å². The summed E-state index contributed by atoms with van der Waals surface area (Å²) in [5, 5.41) is 5.10. The van der Waals surface area contributed by atoms with Crippen LogP contribution in [0.15, 0.2) is 35.4 Å². The van der Waals surface area contributed by atoms with Crippen LogP contribution in [-0.4, -0.2) is 89.2 Å². The van der Waals surface area contributed by atoms with Gasteiger partial charge < -0.3 is 29.9 Å². The summed E-state index contributed by atoms with van der Waals surface area (Å²) in [5.74, 6) is 0.512. The number of halogens is 2. The molecule has 0 bridgehead atoms. The Balaban J connectivity index is 1.55. The van der Waals surface area contributed by atoms with Crippen LogP contribution >= 0.6 is 11.6 Å². The van der Waals surface area contributed by atoms with Crippen molar-refractivity contribution >= 4 is 57.0 Å². The molecular weight excluding hydrogens is 559 g/mol. The van der Waals surface area contributed by atoms with E-state index >= 15 is 4.39 Å². The second-order valence-corrected chi connectivity index (χ2v) is 12.0. The minimum absolute atomic E-state index is 0.101. The number of nitrogen functional groups attached to an aromatic ring is 1. The zero-order valence-corrected chi connectivity index (χ0v) is 25.1. The lowest BCUT2D eigenvalue weighted by molar-refractivity contribution is -0.128. The predicted molar refractivity (Wildman–Crippen MR) is 165 cm³/mol. The number of amides is 1. The largest absolute Gasteiger partial charge is 0.380 e. The van der Waals surface area contributed by atoms with Crippen LogP contribution in [-0.2, 0) is 4.79 Å². The lowest BCUT2D eigenvalue weighted by atomic mass is 9.94. The molecule has 2 aromatic carbocycles. The molecule has 6 rings (SSSR count). The summed E-state index contributed by atoms with van der Waals surface area (Å²) in [6.45, 7) is 12.0. The maximum atomic E-state index is 16.9. The molecule has 2 aromatic heterocycles. The van der Waals surface area contributed by atoms with Crippen molar-refractivity contribution in [2.75, 3.05) is 55.8 Å². The van der Waals surface area contributed by atoms with E-state index in [9.17, 15) is 4.79 Å². The average Bonchev–Trinajstić information content (AvgIpc) is 3.30. The van der Waals surface area contributed by atoms with Gasteiger partial charge in [-0.05, 0) is 58.6 Å². The molecule has 1 amide bonds. The number of carbonyl (C=O) groups is 1. The smallest absolute Gasteiger partial charge is 0.246 e. The maximum Gasteiger partial charge on any atom is 0.246 e. The molecule has 220 valence electrons. The maximum absolute atomic E-state index is 16.9. The number of anilines is 3. The molecule has 4 aromatic rings. The average molecular weight is 593 g/mol. The van der Waals surface area contributed by atoms with Crippen molar-refractivity contribution in [1.29, 1.82) is 0 Å². The van der Waals surface area contributed by atoms with Crippen LogP contribution < -0.4 is 15.5 Å². The van der Waals surface area contributed by atoms with Crippen LogP contribution in [0.2, 0.25) is 5.02 Å². The fourth-order valence-corrected chi connectivity index (χ4v) is 6.32. The normalized spacial score (nSPS) is 19.7. The van der Waals surface area contributed by atoms with Crippen molar-refractivity contribution in [3.8, 4) is 11.1 Å². The van der Waals surface area contributed by atoms with E-state index in [2.05, 4.69) is 26.4 Å². The number of hydrogen-bond donors (Lipinski definition) is 1. The molecule has 0 radical (unpaired) electrons. The molecule has 2 aliphatic heterocycles. The Morgan fingerprint density at radius 2 is 1.90 bits per heavy atom. The Hall–Kier alpha value is -3.96. The summed E-state index contributed by atoms with van der Waals surface area (Å²) in [7, 11) is 4.07. The SMILES string of the molecule is C=CC(=O)N1C[C@H](C)N(c2nc(N3CC(N(C)C)C3)nc3c(F)c(-c4c(C)ccc5onc(N)c45)c(Cl)cc23)C[C@H]1C. The van der Waals surface area contributed by atoms with Gasteiger partial charge >= 0.3 is 0 Å². The van der Waals surface area contributed by atoms with Crippen LogP contribution in [0.3, 0.4) is 0 Å². The van der Waals surface area contributed by atoms with Gasteiger partial charge in [-0.15, -0.1) is 0 Å². The molecule has 2 fully saturated rings. The molecule has 4 heterocycles. The van der Waals surface area contributed by atoms with E-state index in [0.29, 0.717) is 52.8 Å². The number of rotatable bonds is 5. The van der Waals surface area contributed by atoms with Crippen LogP contribution in [0.5, 0.6) is 0 Å². The Morgan fingerprint density at radius 3 is 2.60 bits per heavy atom. The number of nitrogens with two attached hydrogens (primary N) is 1. The fourth-order valence-electron chi connectivity index (χ4n) is 6.03. The number of benzene rings is 2. The number of fused-ring (bicyclic) bond motifs is 2. The summed E-state index contributed by atoms with van der Waals surface area (Å²) in [6.07, 6.45) is 1.34. The fraction of sp³-hybridized carbons (Fsp3) is 0.400. The minimum atomic E-state index is -0.565. The van der Waals surface area contributed by atoms with Gasteiger partial charge in [-0.2, -0.15) is 4.98 Å². The van der Waals surface area contributed by atoms with Crippen molar-refractivity contribution in [3.63, 3.8) is 0 Å². The highest BCUT2D eigenvalue weighted by Gasteiger charge is 2.36. The summed E-state index contributed by atoms with van der Waals surface area (Å²) in [5.41, 5.74) is 8.26. The van der Waals surface area contributed by atoms with Crippen molar-refractivity contribution in [3.05, 3.63) is 47.3 Å². The van der Waals surface area contributed by atoms with E-state index in [0.717, 1.165) is 18.7 Å². The van der Waals surface area contributed by atoms with Crippen LogP contribution in [0.25, 0.3) is 33.0 Å². The van der Waals surface area contributed by atoms with Crippen molar-refractivity contribution < 1.29 is 13.7 Å². The molecule has 2 saturated heterocycles. The topological polar surface area (TPSA) is 108 Å². The number of aromatic nitrogens is 3. The second-order valence-electron chi connectivity index (χ2n) is 11.6. The zero-order chi connectivity index (χ0) is 30.0. The number of hydrogen-bond acceptors (Lipinski definition) is 9. The molecule has 42 heavy (non-hydrogen) atoms. The van der Waals surface area contributed by atoms with Gasteiger partial charge in [0.2, 0.25) is 11.9 Å². The van der Waals surface area contributed by atoms with Gasteiger partial charge in [0.15, 0.2) is 17.2 Å². The van der Waals surface area contributed by atoms with Gasteiger partial charge in [-0.25, -0.2) is 9.37 Å². The van der Waals surface area contributed by atoms with E-state index in [-0.39, 0.29) is 39.9 Å². The highest BCUT2D eigenvalue weighted by atomic mass is 35.5. The quantitative estimate of drug-likeness (QED) is 0.336. The Labute approximate surface area is 248 Å². The van der Waals surface area contributed by atoms with E-state index in [1.54, 1.807) is 17.0 Å². The number of carbonyl (C=O) groups excluding carboxylic acids is 1. The molecule has 2 aliphatic rings. The van der Waals surface area contributed by atoms with Crippen molar-refractivity contribution in [1.82, 2.24) is 24.9 Å². The van der Waals surface area contributed by atoms with E-state index in [1.165, 1.54) is 6.08 Å². The lowest BCUT2D eigenvalue weighted by Crippen LogP contribution is -2.59. The highest BCUT2D eigenvalue weighted by Crippen LogP contribution is 2.44.